The van der Waals surface area contributed by atoms with E-state index in [1.54, 1.807) is 38.2 Å². The molecule has 0 aliphatic carbocycles. The molecule has 4 rings (SSSR count). The van der Waals surface area contributed by atoms with Crippen LogP contribution in [-0.4, -0.2) is 55.1 Å². The van der Waals surface area contributed by atoms with Gasteiger partial charge in [-0.3, -0.25) is 9.79 Å². The summed E-state index contributed by atoms with van der Waals surface area (Å²) in [6, 6.07) is 19.3. The fourth-order valence-electron chi connectivity index (χ4n) is 4.07. The molecule has 1 unspecified atom stereocenters. The molecule has 1 aliphatic heterocycles. The molecule has 13 nitrogen and oxygen atoms in total. The van der Waals surface area contributed by atoms with Crippen molar-refractivity contribution in [2.75, 3.05) is 41.4 Å². The third-order valence-corrected chi connectivity index (χ3v) is 6.27. The summed E-state index contributed by atoms with van der Waals surface area (Å²) >= 11 is 4.62. The van der Waals surface area contributed by atoms with Crippen LogP contribution in [0, 0.1) is 0 Å². The maximum atomic E-state index is 12.8. The molecule has 1 atom stereocenters. The van der Waals surface area contributed by atoms with Crippen molar-refractivity contribution in [1.82, 2.24) is 10.6 Å². The number of nitrogens with one attached hydrogen (secondary N) is 6. The topological polar surface area (TPSA) is 195 Å². The summed E-state index contributed by atoms with van der Waals surface area (Å²) in [4.78, 5) is 29.8. The lowest BCUT2D eigenvalue weighted by molar-refractivity contribution is 0.0964. The first-order chi connectivity index (χ1) is 20.2. The third-order valence-electron chi connectivity index (χ3n) is 6.01. The summed E-state index contributed by atoms with van der Waals surface area (Å²) < 4.78 is 0. The van der Waals surface area contributed by atoms with Gasteiger partial charge in [0.1, 0.15) is 11.3 Å². The van der Waals surface area contributed by atoms with Gasteiger partial charge in [0, 0.05) is 36.2 Å². The minimum absolute atomic E-state index is 0.133. The zero-order chi connectivity index (χ0) is 30.1. The maximum Gasteiger partial charge on any atom is 0.323 e. The number of carbonyl (C=O) groups excluding carboxylic acids is 2. The lowest BCUT2D eigenvalue weighted by atomic mass is 10.1. The molecule has 3 aromatic carbocycles. The predicted molar refractivity (Wildman–Crippen MR) is 173 cm³/mol. The van der Waals surface area contributed by atoms with Crippen molar-refractivity contribution in [1.29, 1.82) is 0 Å². The highest BCUT2D eigenvalue weighted by Gasteiger charge is 2.15. The molecule has 3 aromatic rings. The SMILES string of the molecule is CNC(=O)c1ccc(NC(=O)Nc2cccc(C3=NCCN3)c2)cc1NC(S)Nc1cccc(C(C)=NN=C(N)N)c1. The third kappa shape index (κ3) is 8.14. The molecule has 0 saturated heterocycles. The van der Waals surface area contributed by atoms with Gasteiger partial charge < -0.3 is 43.4 Å². The van der Waals surface area contributed by atoms with Crippen molar-refractivity contribution in [3.63, 3.8) is 0 Å². The average Bonchev–Trinajstić information content (AvgIpc) is 3.51. The molecule has 0 fully saturated rings. The quantitative estimate of drug-likeness (QED) is 0.0571. The van der Waals surface area contributed by atoms with E-state index in [4.69, 9.17) is 11.5 Å². The molecule has 3 amide bonds. The fourth-order valence-corrected chi connectivity index (χ4v) is 4.36. The summed E-state index contributed by atoms with van der Waals surface area (Å²) in [5.41, 5.74) is 15.0. The first-order valence-corrected chi connectivity index (χ1v) is 13.5. The number of amidine groups is 1. The molecule has 0 aromatic heterocycles. The number of amides is 3. The number of hydrogen-bond acceptors (Lipinski definition) is 9. The Kier molecular flexibility index (Phi) is 9.84. The van der Waals surface area contributed by atoms with Gasteiger partial charge in [0.15, 0.2) is 0 Å². The Bertz CT molecular complexity index is 1550. The Balaban J connectivity index is 1.46. The number of hydrogen-bond donors (Lipinski definition) is 9. The lowest BCUT2D eigenvalue weighted by Gasteiger charge is -2.20. The van der Waals surface area contributed by atoms with Gasteiger partial charge in [0.25, 0.3) is 5.91 Å². The van der Waals surface area contributed by atoms with Crippen molar-refractivity contribution in [3.8, 4) is 0 Å². The second kappa shape index (κ2) is 13.9. The predicted octanol–water partition coefficient (Wildman–Crippen LogP) is 2.77. The lowest BCUT2D eigenvalue weighted by Crippen LogP contribution is -2.26. The Labute approximate surface area is 248 Å². The monoisotopic (exact) mass is 587 g/mol. The number of nitrogens with two attached hydrogens (primary N) is 2. The van der Waals surface area contributed by atoms with Gasteiger partial charge in [0.2, 0.25) is 5.96 Å². The van der Waals surface area contributed by atoms with Gasteiger partial charge in [-0.1, -0.05) is 24.3 Å². The number of urea groups is 1. The number of thiol groups is 1. The fraction of sp³-hybridized carbons (Fsp3) is 0.179. The maximum absolute atomic E-state index is 12.8. The Morgan fingerprint density at radius 3 is 2.40 bits per heavy atom. The van der Waals surface area contributed by atoms with E-state index in [2.05, 4.69) is 59.7 Å². The number of rotatable bonds is 10. The van der Waals surface area contributed by atoms with E-state index in [0.717, 1.165) is 35.7 Å². The van der Waals surface area contributed by atoms with Crippen LogP contribution in [0.4, 0.5) is 27.5 Å². The summed E-state index contributed by atoms with van der Waals surface area (Å²) in [5.74, 6) is 0.365. The van der Waals surface area contributed by atoms with Crippen LogP contribution in [0.2, 0.25) is 0 Å². The second-order valence-corrected chi connectivity index (χ2v) is 9.66. The highest BCUT2D eigenvalue weighted by Crippen LogP contribution is 2.24. The first-order valence-electron chi connectivity index (χ1n) is 13.0. The van der Waals surface area contributed by atoms with E-state index in [1.807, 2.05) is 42.5 Å². The number of carbonyl (C=O) groups is 2. The van der Waals surface area contributed by atoms with Crippen LogP contribution < -0.4 is 43.4 Å². The van der Waals surface area contributed by atoms with Crippen molar-refractivity contribution in [2.45, 2.75) is 12.4 Å². The van der Waals surface area contributed by atoms with Crippen LogP contribution in [-0.2, 0) is 0 Å². The van der Waals surface area contributed by atoms with Gasteiger partial charge in [-0.15, -0.1) is 17.7 Å². The van der Waals surface area contributed by atoms with Crippen LogP contribution in [0.1, 0.15) is 28.4 Å². The molecule has 0 radical (unpaired) electrons. The highest BCUT2D eigenvalue weighted by molar-refractivity contribution is 7.81. The van der Waals surface area contributed by atoms with E-state index >= 15 is 0 Å². The molecule has 10 N–H and O–H groups in total. The van der Waals surface area contributed by atoms with Gasteiger partial charge in [-0.25, -0.2) is 4.79 Å². The van der Waals surface area contributed by atoms with E-state index in [-0.39, 0.29) is 11.9 Å². The van der Waals surface area contributed by atoms with Gasteiger partial charge >= 0.3 is 6.03 Å². The van der Waals surface area contributed by atoms with Crippen molar-refractivity contribution in [2.24, 2.45) is 26.7 Å². The molecular weight excluding hydrogens is 554 g/mol. The molecule has 14 heteroatoms. The molecular formula is C28H33N11O2S. The largest absolute Gasteiger partial charge is 0.369 e. The summed E-state index contributed by atoms with van der Waals surface area (Å²) in [5, 5.41) is 25.6. The number of benzene rings is 3. The summed E-state index contributed by atoms with van der Waals surface area (Å²) in [6.45, 7) is 3.30. The molecule has 0 bridgehead atoms. The standard InChI is InChI=1S/C28H33N11O2S/c1-16(38-39-26(29)30)17-5-3-8-20(13-17)36-28(42)37-23-15-21(9-10-22(23)25(40)31-2)35-27(41)34-19-7-4-6-18(14-19)24-32-11-12-33-24/h3-10,13-15,28,36-37,42H,11-12H2,1-2H3,(H,31,40)(H,32,33)(H4,29,30,39)(H2,34,35,41). The van der Waals surface area contributed by atoms with E-state index in [0.29, 0.717) is 28.3 Å². The molecule has 0 spiro atoms. The minimum atomic E-state index is -0.613. The Morgan fingerprint density at radius 1 is 0.952 bits per heavy atom. The second-order valence-electron chi connectivity index (χ2n) is 9.14. The minimum Gasteiger partial charge on any atom is -0.369 e. The van der Waals surface area contributed by atoms with Crippen LogP contribution in [0.5, 0.6) is 0 Å². The zero-order valence-electron chi connectivity index (χ0n) is 23.1. The summed E-state index contributed by atoms with van der Waals surface area (Å²) in [6.07, 6.45) is 0. The van der Waals surface area contributed by atoms with Crippen LogP contribution in [0.25, 0.3) is 0 Å². The normalized spacial score (nSPS) is 13.2. The number of guanidine groups is 1. The zero-order valence-corrected chi connectivity index (χ0v) is 24.0. The number of nitrogens with zero attached hydrogens (tertiary/aromatic N) is 3. The highest BCUT2D eigenvalue weighted by atomic mass is 32.1. The van der Waals surface area contributed by atoms with Gasteiger partial charge in [-0.05, 0) is 55.0 Å². The van der Waals surface area contributed by atoms with Crippen molar-refractivity contribution in [3.05, 3.63) is 83.4 Å². The Hall–Kier alpha value is -5.24. The molecule has 0 saturated carbocycles. The van der Waals surface area contributed by atoms with Crippen LogP contribution in [0.15, 0.2) is 81.9 Å². The van der Waals surface area contributed by atoms with E-state index in [1.165, 1.54) is 0 Å². The molecule has 1 heterocycles. The molecule has 1 aliphatic rings. The number of anilines is 4. The van der Waals surface area contributed by atoms with E-state index in [9.17, 15) is 9.59 Å². The van der Waals surface area contributed by atoms with Gasteiger partial charge in [-0.2, -0.15) is 5.10 Å². The van der Waals surface area contributed by atoms with Gasteiger partial charge in [0.05, 0.1) is 23.5 Å². The Morgan fingerprint density at radius 2 is 1.69 bits per heavy atom. The average molecular weight is 588 g/mol. The van der Waals surface area contributed by atoms with Crippen LogP contribution in [0.3, 0.4) is 0 Å². The van der Waals surface area contributed by atoms with E-state index < -0.39 is 11.5 Å². The smallest absolute Gasteiger partial charge is 0.323 e. The summed E-state index contributed by atoms with van der Waals surface area (Å²) in [7, 11) is 1.54. The first kappa shape index (κ1) is 29.7. The molecule has 218 valence electrons. The van der Waals surface area contributed by atoms with Crippen molar-refractivity contribution >= 4 is 64.8 Å². The molecule has 42 heavy (non-hydrogen) atoms. The number of aliphatic imine (C=N–C) groups is 1. The van der Waals surface area contributed by atoms with Crippen molar-refractivity contribution < 1.29 is 9.59 Å². The van der Waals surface area contributed by atoms with Crippen LogP contribution >= 0.6 is 12.6 Å².